The van der Waals surface area contributed by atoms with Gasteiger partial charge in [-0.05, 0) is 39.3 Å². The summed E-state index contributed by atoms with van der Waals surface area (Å²) in [5.41, 5.74) is 4.52. The van der Waals surface area contributed by atoms with E-state index in [0.29, 0.717) is 5.92 Å². The molecule has 2 aromatic heterocycles. The van der Waals surface area contributed by atoms with E-state index in [1.807, 2.05) is 17.4 Å². The summed E-state index contributed by atoms with van der Waals surface area (Å²) in [5, 5.41) is 5.09. The molecular formula is C20H20N2S2. The van der Waals surface area contributed by atoms with Gasteiger partial charge < -0.3 is 0 Å². The molecule has 122 valence electrons. The van der Waals surface area contributed by atoms with Crippen molar-refractivity contribution in [2.45, 2.75) is 39.0 Å². The van der Waals surface area contributed by atoms with Crippen molar-refractivity contribution < 1.29 is 0 Å². The Kier molecular flexibility index (Phi) is 3.70. The van der Waals surface area contributed by atoms with Gasteiger partial charge in [0.1, 0.15) is 11.0 Å². The fraction of sp³-hybridized carbons (Fsp3) is 0.300. The van der Waals surface area contributed by atoms with Gasteiger partial charge >= 0.3 is 0 Å². The Balaban J connectivity index is 1.97. The van der Waals surface area contributed by atoms with Crippen LogP contribution >= 0.6 is 23.1 Å². The van der Waals surface area contributed by atoms with E-state index in [2.05, 4.69) is 72.2 Å². The van der Waals surface area contributed by atoms with Crippen molar-refractivity contribution in [3.05, 3.63) is 57.8 Å². The fourth-order valence-electron chi connectivity index (χ4n) is 3.54. The van der Waals surface area contributed by atoms with Crippen molar-refractivity contribution in [1.29, 1.82) is 0 Å². The summed E-state index contributed by atoms with van der Waals surface area (Å²) >= 11 is 3.17. The lowest BCUT2D eigenvalue weighted by Gasteiger charge is -2.27. The summed E-state index contributed by atoms with van der Waals surface area (Å²) in [6.07, 6.45) is 0. The van der Waals surface area contributed by atoms with E-state index < -0.39 is 0 Å². The van der Waals surface area contributed by atoms with Crippen LogP contribution in [0.1, 0.15) is 49.6 Å². The molecule has 0 amide bonds. The Morgan fingerprint density at radius 1 is 0.917 bits per heavy atom. The summed E-state index contributed by atoms with van der Waals surface area (Å²) in [4.78, 5) is 1.47. The van der Waals surface area contributed by atoms with E-state index in [4.69, 9.17) is 0 Å². The fourth-order valence-corrected chi connectivity index (χ4v) is 5.17. The lowest BCUT2D eigenvalue weighted by Crippen LogP contribution is -2.19. The SMILES string of the molecule is CC(C)c1scc2c(C(C)(C)c3cccc4nsnc34)cccc12. The van der Waals surface area contributed by atoms with Crippen molar-refractivity contribution in [2.75, 3.05) is 0 Å². The van der Waals surface area contributed by atoms with E-state index in [1.54, 1.807) is 0 Å². The molecule has 0 saturated carbocycles. The van der Waals surface area contributed by atoms with Gasteiger partial charge in [0.25, 0.3) is 0 Å². The molecule has 0 atom stereocenters. The zero-order valence-electron chi connectivity index (χ0n) is 14.3. The molecule has 0 saturated heterocycles. The molecule has 0 aliphatic heterocycles. The predicted octanol–water partition coefficient (Wildman–Crippen LogP) is 6.36. The molecule has 0 radical (unpaired) electrons. The second-order valence-electron chi connectivity index (χ2n) is 7.08. The molecule has 4 aromatic rings. The first-order chi connectivity index (χ1) is 11.5. The summed E-state index contributed by atoms with van der Waals surface area (Å²) in [6, 6.07) is 13.0. The van der Waals surface area contributed by atoms with Gasteiger partial charge in [0, 0.05) is 10.3 Å². The van der Waals surface area contributed by atoms with Crippen LogP contribution in [0.4, 0.5) is 0 Å². The zero-order valence-corrected chi connectivity index (χ0v) is 16.0. The van der Waals surface area contributed by atoms with Crippen molar-refractivity contribution in [3.8, 4) is 0 Å². The second kappa shape index (κ2) is 5.64. The Morgan fingerprint density at radius 2 is 1.67 bits per heavy atom. The van der Waals surface area contributed by atoms with E-state index >= 15 is 0 Å². The maximum atomic E-state index is 4.56. The van der Waals surface area contributed by atoms with Crippen LogP contribution in [0.3, 0.4) is 0 Å². The second-order valence-corrected chi connectivity index (χ2v) is 8.52. The molecule has 0 aliphatic carbocycles. The van der Waals surface area contributed by atoms with Crippen LogP contribution in [0, 0.1) is 0 Å². The maximum Gasteiger partial charge on any atom is 0.108 e. The molecule has 2 heterocycles. The lowest BCUT2D eigenvalue weighted by molar-refractivity contribution is 0.652. The Labute approximate surface area is 150 Å². The number of thiophene rings is 1. The molecule has 4 rings (SSSR count). The van der Waals surface area contributed by atoms with Crippen molar-refractivity contribution in [1.82, 2.24) is 8.75 Å². The molecule has 0 aliphatic rings. The van der Waals surface area contributed by atoms with Crippen LogP contribution in [0.5, 0.6) is 0 Å². The minimum absolute atomic E-state index is 0.121. The first-order valence-electron chi connectivity index (χ1n) is 8.22. The van der Waals surface area contributed by atoms with Crippen LogP contribution in [0.25, 0.3) is 21.8 Å². The van der Waals surface area contributed by atoms with Gasteiger partial charge in [-0.15, -0.1) is 11.3 Å². The van der Waals surface area contributed by atoms with Crippen molar-refractivity contribution in [2.24, 2.45) is 0 Å². The summed E-state index contributed by atoms with van der Waals surface area (Å²) in [6.45, 7) is 9.13. The van der Waals surface area contributed by atoms with Gasteiger partial charge in [0.05, 0.1) is 11.7 Å². The van der Waals surface area contributed by atoms with E-state index in [0.717, 1.165) is 11.0 Å². The first kappa shape index (κ1) is 15.7. The molecule has 2 aromatic carbocycles. The summed E-state index contributed by atoms with van der Waals surface area (Å²) in [5.74, 6) is 0.553. The van der Waals surface area contributed by atoms with Gasteiger partial charge in [-0.1, -0.05) is 58.0 Å². The highest BCUT2D eigenvalue weighted by atomic mass is 32.1. The molecule has 24 heavy (non-hydrogen) atoms. The Hall–Kier alpha value is -1.78. The Bertz CT molecular complexity index is 1020. The smallest absolute Gasteiger partial charge is 0.108 e. The maximum absolute atomic E-state index is 4.56. The third-order valence-electron chi connectivity index (χ3n) is 4.83. The number of nitrogens with zero attached hydrogens (tertiary/aromatic N) is 2. The molecule has 0 spiro atoms. The number of rotatable bonds is 3. The van der Waals surface area contributed by atoms with Gasteiger partial charge in [-0.3, -0.25) is 0 Å². The van der Waals surface area contributed by atoms with E-state index in [-0.39, 0.29) is 5.41 Å². The highest BCUT2D eigenvalue weighted by molar-refractivity contribution is 7.11. The molecule has 2 nitrogen and oxygen atoms in total. The van der Waals surface area contributed by atoms with Crippen molar-refractivity contribution in [3.63, 3.8) is 0 Å². The first-order valence-corrected chi connectivity index (χ1v) is 9.83. The van der Waals surface area contributed by atoms with Crippen LogP contribution < -0.4 is 0 Å². The van der Waals surface area contributed by atoms with E-state index in [1.165, 1.54) is 38.5 Å². The minimum Gasteiger partial charge on any atom is -0.173 e. The summed E-state index contributed by atoms with van der Waals surface area (Å²) < 4.78 is 8.97. The molecular weight excluding hydrogens is 332 g/mol. The van der Waals surface area contributed by atoms with Gasteiger partial charge in [-0.2, -0.15) is 8.75 Å². The topological polar surface area (TPSA) is 25.8 Å². The lowest BCUT2D eigenvalue weighted by atomic mass is 9.76. The van der Waals surface area contributed by atoms with E-state index in [9.17, 15) is 0 Å². The number of hydrogen-bond donors (Lipinski definition) is 0. The average molecular weight is 353 g/mol. The van der Waals surface area contributed by atoms with Crippen LogP contribution in [-0.2, 0) is 5.41 Å². The number of hydrogen-bond acceptors (Lipinski definition) is 4. The third kappa shape index (κ3) is 2.28. The molecule has 0 fully saturated rings. The monoisotopic (exact) mass is 352 g/mol. The number of aromatic nitrogens is 2. The third-order valence-corrected chi connectivity index (χ3v) is 6.67. The van der Waals surface area contributed by atoms with Gasteiger partial charge in [-0.25, -0.2) is 0 Å². The number of benzene rings is 2. The normalized spacial score (nSPS) is 12.5. The average Bonchev–Trinajstić information content (AvgIpc) is 3.20. The number of fused-ring (bicyclic) bond motifs is 2. The molecule has 4 heteroatoms. The highest BCUT2D eigenvalue weighted by Gasteiger charge is 2.28. The zero-order chi connectivity index (χ0) is 16.9. The molecule has 0 N–H and O–H groups in total. The Morgan fingerprint density at radius 3 is 2.46 bits per heavy atom. The van der Waals surface area contributed by atoms with Crippen LogP contribution in [-0.4, -0.2) is 8.75 Å². The van der Waals surface area contributed by atoms with Crippen molar-refractivity contribution >= 4 is 44.9 Å². The molecule has 0 unspecified atom stereocenters. The quantitative estimate of drug-likeness (QED) is 0.429. The van der Waals surface area contributed by atoms with Gasteiger partial charge in [0.2, 0.25) is 0 Å². The van der Waals surface area contributed by atoms with Crippen LogP contribution in [0.2, 0.25) is 0 Å². The highest BCUT2D eigenvalue weighted by Crippen LogP contribution is 2.42. The summed E-state index contributed by atoms with van der Waals surface area (Å²) in [7, 11) is 0. The van der Waals surface area contributed by atoms with Crippen LogP contribution in [0.15, 0.2) is 41.8 Å². The van der Waals surface area contributed by atoms with Gasteiger partial charge in [0.15, 0.2) is 0 Å². The predicted molar refractivity (Wildman–Crippen MR) is 105 cm³/mol. The minimum atomic E-state index is -0.121. The standard InChI is InChI=1S/C20H20N2S2/c1-12(2)19-13-7-5-8-15(14(13)11-23-19)20(3,4)16-9-6-10-17-18(16)22-24-21-17/h5-12H,1-4H3. The molecule has 0 bridgehead atoms. The largest absolute Gasteiger partial charge is 0.173 e.